The van der Waals surface area contributed by atoms with Crippen molar-refractivity contribution < 1.29 is 4.74 Å². The summed E-state index contributed by atoms with van der Waals surface area (Å²) >= 11 is 0. The second-order valence-electron chi connectivity index (χ2n) is 4.42. The van der Waals surface area contributed by atoms with Crippen LogP contribution in [0.3, 0.4) is 0 Å². The third-order valence-electron chi connectivity index (χ3n) is 3.05. The first-order chi connectivity index (χ1) is 8.45. The van der Waals surface area contributed by atoms with E-state index >= 15 is 0 Å². The third kappa shape index (κ3) is 4.61. The molecule has 0 heterocycles. The van der Waals surface area contributed by atoms with Gasteiger partial charge in [0.25, 0.3) is 0 Å². The van der Waals surface area contributed by atoms with Gasteiger partial charge < -0.3 is 10.1 Å². The molecule has 1 N–H and O–H groups in total. The summed E-state index contributed by atoms with van der Waals surface area (Å²) in [6, 6.07) is 9.97. The molecular formula is C15H21NO. The van der Waals surface area contributed by atoms with Crippen molar-refractivity contribution in [2.45, 2.75) is 25.7 Å². The van der Waals surface area contributed by atoms with Gasteiger partial charge in [0.2, 0.25) is 0 Å². The SMILES string of the molecule is C1=C(CCNCCOc2ccccc2)CCC1. The monoisotopic (exact) mass is 231 g/mol. The van der Waals surface area contributed by atoms with Crippen LogP contribution >= 0.6 is 0 Å². The number of nitrogens with one attached hydrogen (secondary N) is 1. The molecule has 0 saturated carbocycles. The van der Waals surface area contributed by atoms with E-state index < -0.39 is 0 Å². The van der Waals surface area contributed by atoms with Crippen molar-refractivity contribution in [3.8, 4) is 5.75 Å². The highest BCUT2D eigenvalue weighted by Gasteiger charge is 2.03. The molecule has 2 nitrogen and oxygen atoms in total. The first kappa shape index (κ1) is 12.2. The van der Waals surface area contributed by atoms with Gasteiger partial charge in [0.1, 0.15) is 12.4 Å². The molecule has 1 aliphatic rings. The fourth-order valence-electron chi connectivity index (χ4n) is 2.10. The summed E-state index contributed by atoms with van der Waals surface area (Å²) in [7, 11) is 0. The molecule has 0 aliphatic heterocycles. The quantitative estimate of drug-likeness (QED) is 0.575. The van der Waals surface area contributed by atoms with E-state index in [1.54, 1.807) is 5.57 Å². The Morgan fingerprint density at radius 1 is 1.12 bits per heavy atom. The van der Waals surface area contributed by atoms with Gasteiger partial charge in [-0.2, -0.15) is 0 Å². The van der Waals surface area contributed by atoms with Crippen molar-refractivity contribution in [3.63, 3.8) is 0 Å². The van der Waals surface area contributed by atoms with E-state index in [1.807, 2.05) is 30.3 Å². The fraction of sp³-hybridized carbons (Fsp3) is 0.467. The van der Waals surface area contributed by atoms with Crippen LogP contribution in [0.4, 0.5) is 0 Å². The average Bonchev–Trinajstić information content (AvgIpc) is 2.88. The second-order valence-corrected chi connectivity index (χ2v) is 4.42. The van der Waals surface area contributed by atoms with Gasteiger partial charge in [0, 0.05) is 6.54 Å². The van der Waals surface area contributed by atoms with Crippen molar-refractivity contribution in [2.75, 3.05) is 19.7 Å². The van der Waals surface area contributed by atoms with Crippen LogP contribution in [0, 0.1) is 0 Å². The van der Waals surface area contributed by atoms with Crippen molar-refractivity contribution in [1.82, 2.24) is 5.32 Å². The number of ether oxygens (including phenoxy) is 1. The number of rotatable bonds is 7. The zero-order chi connectivity index (χ0) is 11.8. The standard InChI is InChI=1S/C15H21NO/c1-2-8-15(9-3-1)17-13-12-16-11-10-14-6-4-5-7-14/h1-3,6,8-9,16H,4-5,7,10-13H2. The molecular weight excluding hydrogens is 210 g/mol. The van der Waals surface area contributed by atoms with Crippen LogP contribution in [0.15, 0.2) is 42.0 Å². The molecule has 0 amide bonds. The molecule has 0 saturated heterocycles. The summed E-state index contributed by atoms with van der Waals surface area (Å²) < 4.78 is 5.60. The molecule has 2 heteroatoms. The average molecular weight is 231 g/mol. The lowest BCUT2D eigenvalue weighted by Crippen LogP contribution is -2.22. The summed E-state index contributed by atoms with van der Waals surface area (Å²) in [5.41, 5.74) is 1.63. The maximum absolute atomic E-state index is 5.60. The number of benzene rings is 1. The van der Waals surface area contributed by atoms with E-state index in [0.29, 0.717) is 0 Å². The minimum atomic E-state index is 0.739. The van der Waals surface area contributed by atoms with E-state index in [0.717, 1.165) is 25.4 Å². The molecule has 1 aromatic rings. The second kappa shape index (κ2) is 7.13. The zero-order valence-electron chi connectivity index (χ0n) is 10.3. The van der Waals surface area contributed by atoms with Crippen molar-refractivity contribution in [3.05, 3.63) is 42.0 Å². The van der Waals surface area contributed by atoms with E-state index in [1.165, 1.54) is 25.7 Å². The summed E-state index contributed by atoms with van der Waals surface area (Å²) in [5.74, 6) is 0.952. The van der Waals surface area contributed by atoms with E-state index in [9.17, 15) is 0 Å². The van der Waals surface area contributed by atoms with Gasteiger partial charge in [-0.15, -0.1) is 0 Å². The lowest BCUT2D eigenvalue weighted by Gasteiger charge is -2.07. The van der Waals surface area contributed by atoms with Crippen LogP contribution in [0.5, 0.6) is 5.75 Å². The highest BCUT2D eigenvalue weighted by atomic mass is 16.5. The maximum Gasteiger partial charge on any atom is 0.119 e. The third-order valence-corrected chi connectivity index (χ3v) is 3.05. The molecule has 0 radical (unpaired) electrons. The van der Waals surface area contributed by atoms with Gasteiger partial charge in [-0.1, -0.05) is 29.8 Å². The van der Waals surface area contributed by atoms with E-state index in [4.69, 9.17) is 4.74 Å². The lowest BCUT2D eigenvalue weighted by molar-refractivity contribution is 0.314. The van der Waals surface area contributed by atoms with Crippen LogP contribution in [-0.2, 0) is 0 Å². The number of para-hydroxylation sites is 1. The maximum atomic E-state index is 5.60. The van der Waals surface area contributed by atoms with Gasteiger partial charge >= 0.3 is 0 Å². The molecule has 1 aliphatic carbocycles. The Balaban J connectivity index is 1.49. The Morgan fingerprint density at radius 3 is 2.76 bits per heavy atom. The Hall–Kier alpha value is -1.28. The molecule has 17 heavy (non-hydrogen) atoms. The smallest absolute Gasteiger partial charge is 0.119 e. The Bertz CT molecular complexity index is 345. The topological polar surface area (TPSA) is 21.3 Å². The molecule has 1 aromatic carbocycles. The molecule has 0 unspecified atom stereocenters. The Kier molecular flexibility index (Phi) is 5.11. The zero-order valence-corrected chi connectivity index (χ0v) is 10.3. The molecule has 2 rings (SSSR count). The molecule has 0 atom stereocenters. The lowest BCUT2D eigenvalue weighted by atomic mass is 10.2. The van der Waals surface area contributed by atoms with Crippen molar-refractivity contribution >= 4 is 0 Å². The highest BCUT2D eigenvalue weighted by Crippen LogP contribution is 2.19. The highest BCUT2D eigenvalue weighted by molar-refractivity contribution is 5.20. The van der Waals surface area contributed by atoms with Crippen LogP contribution in [-0.4, -0.2) is 19.7 Å². The van der Waals surface area contributed by atoms with E-state index in [2.05, 4.69) is 11.4 Å². The Labute approximate surface area is 104 Å². The van der Waals surface area contributed by atoms with Gasteiger partial charge in [-0.3, -0.25) is 0 Å². The predicted octanol–water partition coefficient (Wildman–Crippen LogP) is 3.16. The minimum Gasteiger partial charge on any atom is -0.492 e. The van der Waals surface area contributed by atoms with Gasteiger partial charge in [-0.05, 0) is 44.4 Å². The van der Waals surface area contributed by atoms with Gasteiger partial charge in [0.05, 0.1) is 0 Å². The van der Waals surface area contributed by atoms with Gasteiger partial charge in [-0.25, -0.2) is 0 Å². The molecule has 92 valence electrons. The van der Waals surface area contributed by atoms with E-state index in [-0.39, 0.29) is 0 Å². The molecule has 0 aromatic heterocycles. The largest absolute Gasteiger partial charge is 0.492 e. The molecule has 0 fully saturated rings. The van der Waals surface area contributed by atoms with Crippen LogP contribution in [0.1, 0.15) is 25.7 Å². The normalized spacial score (nSPS) is 14.7. The van der Waals surface area contributed by atoms with Crippen molar-refractivity contribution in [1.29, 1.82) is 0 Å². The summed E-state index contributed by atoms with van der Waals surface area (Å²) in [4.78, 5) is 0. The van der Waals surface area contributed by atoms with Gasteiger partial charge in [0.15, 0.2) is 0 Å². The minimum absolute atomic E-state index is 0.739. The Morgan fingerprint density at radius 2 is 2.00 bits per heavy atom. The summed E-state index contributed by atoms with van der Waals surface area (Å²) in [5, 5.41) is 3.42. The van der Waals surface area contributed by atoms with Crippen LogP contribution < -0.4 is 10.1 Å². The van der Waals surface area contributed by atoms with Crippen LogP contribution in [0.2, 0.25) is 0 Å². The predicted molar refractivity (Wildman–Crippen MR) is 71.4 cm³/mol. The number of hydrogen-bond acceptors (Lipinski definition) is 2. The summed E-state index contributed by atoms with van der Waals surface area (Å²) in [6.45, 7) is 2.73. The summed E-state index contributed by atoms with van der Waals surface area (Å²) in [6.07, 6.45) is 7.54. The first-order valence-electron chi connectivity index (χ1n) is 6.51. The number of allylic oxidation sites excluding steroid dienone is 1. The number of hydrogen-bond donors (Lipinski definition) is 1. The first-order valence-corrected chi connectivity index (χ1v) is 6.51. The van der Waals surface area contributed by atoms with Crippen LogP contribution in [0.25, 0.3) is 0 Å². The molecule has 0 bridgehead atoms. The van der Waals surface area contributed by atoms with Crippen molar-refractivity contribution in [2.24, 2.45) is 0 Å². The molecule has 0 spiro atoms. The fourth-order valence-corrected chi connectivity index (χ4v) is 2.10.